The van der Waals surface area contributed by atoms with Crippen LogP contribution in [0.2, 0.25) is 0 Å². The fraction of sp³-hybridized carbons (Fsp3) is 0.643. The van der Waals surface area contributed by atoms with Crippen LogP contribution >= 0.6 is 0 Å². The molecule has 1 rings (SSSR count). The van der Waals surface area contributed by atoms with Gasteiger partial charge in [-0.05, 0) is 23.8 Å². The smallest absolute Gasteiger partial charge is 0.376 e. The van der Waals surface area contributed by atoms with Crippen LogP contribution in [0, 0.1) is 17.8 Å². The van der Waals surface area contributed by atoms with E-state index in [1.165, 1.54) is 7.11 Å². The zero-order chi connectivity index (χ0) is 14.4. The summed E-state index contributed by atoms with van der Waals surface area (Å²) >= 11 is 0. The second kappa shape index (κ2) is 7.07. The minimum absolute atomic E-state index is 0.0816. The molecule has 0 aliphatic rings. The van der Waals surface area contributed by atoms with Crippen LogP contribution in [-0.2, 0) is 4.74 Å². The second-order valence-electron chi connectivity index (χ2n) is 5.29. The van der Waals surface area contributed by atoms with Gasteiger partial charge in [0, 0.05) is 12.7 Å². The van der Waals surface area contributed by atoms with E-state index in [2.05, 4.69) is 47.7 Å². The number of hydrogen-bond donors (Lipinski definition) is 1. The van der Waals surface area contributed by atoms with Crippen molar-refractivity contribution >= 4 is 11.8 Å². The van der Waals surface area contributed by atoms with E-state index in [0.29, 0.717) is 23.6 Å². The number of ether oxygens (including phenoxy) is 1. The van der Waals surface area contributed by atoms with E-state index in [4.69, 9.17) is 0 Å². The number of nitrogens with zero attached hydrogens (tertiary/aromatic N) is 2. The van der Waals surface area contributed by atoms with Crippen LogP contribution in [0.25, 0.3) is 0 Å². The molecule has 5 nitrogen and oxygen atoms in total. The molecule has 0 bridgehead atoms. The van der Waals surface area contributed by atoms with Crippen molar-refractivity contribution in [3.05, 3.63) is 18.1 Å². The molecule has 0 fully saturated rings. The Labute approximate surface area is 114 Å². The molecular formula is C14H23N3O2. The van der Waals surface area contributed by atoms with Crippen molar-refractivity contribution in [2.75, 3.05) is 19.0 Å². The van der Waals surface area contributed by atoms with Crippen LogP contribution in [0.3, 0.4) is 0 Å². The Bertz CT molecular complexity index is 411. The first-order valence-corrected chi connectivity index (χ1v) is 6.61. The first kappa shape index (κ1) is 15.4. The van der Waals surface area contributed by atoms with Gasteiger partial charge >= 0.3 is 5.97 Å². The Morgan fingerprint density at radius 2 is 1.95 bits per heavy atom. The van der Waals surface area contributed by atoms with E-state index in [1.54, 1.807) is 12.3 Å². The van der Waals surface area contributed by atoms with Crippen LogP contribution in [0.5, 0.6) is 0 Å². The van der Waals surface area contributed by atoms with Crippen molar-refractivity contribution < 1.29 is 9.53 Å². The number of rotatable bonds is 6. The standard InChI is InChI=1S/C14H23N3O2/c1-9(2)11(10(3)4)8-16-12-6-7-15-13(17-12)14(18)19-5/h6-7,9-11H,8H2,1-5H3,(H,15,16,17). The first-order chi connectivity index (χ1) is 8.95. The van der Waals surface area contributed by atoms with Gasteiger partial charge in [-0.15, -0.1) is 0 Å². The minimum atomic E-state index is -0.520. The monoisotopic (exact) mass is 265 g/mol. The maximum absolute atomic E-state index is 11.3. The van der Waals surface area contributed by atoms with Gasteiger partial charge in [-0.1, -0.05) is 27.7 Å². The highest BCUT2D eigenvalue weighted by Gasteiger charge is 2.17. The van der Waals surface area contributed by atoms with Gasteiger partial charge in [0.2, 0.25) is 5.82 Å². The Hall–Kier alpha value is -1.65. The number of carbonyl (C=O) groups excluding carboxylic acids is 1. The second-order valence-corrected chi connectivity index (χ2v) is 5.29. The quantitative estimate of drug-likeness (QED) is 0.801. The van der Waals surface area contributed by atoms with Crippen molar-refractivity contribution in [2.45, 2.75) is 27.7 Å². The molecule has 0 spiro atoms. The Morgan fingerprint density at radius 1 is 1.32 bits per heavy atom. The molecule has 19 heavy (non-hydrogen) atoms. The zero-order valence-electron chi connectivity index (χ0n) is 12.3. The third-order valence-corrected chi connectivity index (χ3v) is 3.26. The van der Waals surface area contributed by atoms with Gasteiger partial charge in [-0.2, -0.15) is 0 Å². The summed E-state index contributed by atoms with van der Waals surface area (Å²) in [5.74, 6) is 1.95. The van der Waals surface area contributed by atoms with Crippen molar-refractivity contribution in [1.82, 2.24) is 9.97 Å². The molecule has 1 heterocycles. The number of methoxy groups -OCH3 is 1. The largest absolute Gasteiger partial charge is 0.463 e. The lowest BCUT2D eigenvalue weighted by Gasteiger charge is -2.25. The highest BCUT2D eigenvalue weighted by molar-refractivity contribution is 5.85. The van der Waals surface area contributed by atoms with Crippen molar-refractivity contribution in [3.8, 4) is 0 Å². The summed E-state index contributed by atoms with van der Waals surface area (Å²) < 4.78 is 4.60. The first-order valence-electron chi connectivity index (χ1n) is 6.61. The number of carbonyl (C=O) groups is 1. The topological polar surface area (TPSA) is 64.1 Å². The maximum atomic E-state index is 11.3. The predicted molar refractivity (Wildman–Crippen MR) is 75.0 cm³/mol. The molecule has 0 unspecified atom stereocenters. The fourth-order valence-electron chi connectivity index (χ4n) is 2.11. The number of aromatic nitrogens is 2. The average molecular weight is 265 g/mol. The fourth-order valence-corrected chi connectivity index (χ4v) is 2.11. The third-order valence-electron chi connectivity index (χ3n) is 3.26. The van der Waals surface area contributed by atoms with Crippen LogP contribution in [0.15, 0.2) is 12.3 Å². The van der Waals surface area contributed by atoms with Crippen molar-refractivity contribution in [3.63, 3.8) is 0 Å². The van der Waals surface area contributed by atoms with E-state index in [0.717, 1.165) is 6.54 Å². The summed E-state index contributed by atoms with van der Waals surface area (Å²) in [6.45, 7) is 9.68. The van der Waals surface area contributed by atoms with Gasteiger partial charge < -0.3 is 10.1 Å². The van der Waals surface area contributed by atoms with Gasteiger partial charge in [0.15, 0.2) is 0 Å². The van der Waals surface area contributed by atoms with E-state index in [1.807, 2.05) is 0 Å². The summed E-state index contributed by atoms with van der Waals surface area (Å²) in [5.41, 5.74) is 0. The molecule has 5 heteroatoms. The number of anilines is 1. The molecule has 1 N–H and O–H groups in total. The molecule has 0 aliphatic heterocycles. The lowest BCUT2D eigenvalue weighted by Crippen LogP contribution is -2.25. The molecule has 0 atom stereocenters. The molecule has 1 aromatic heterocycles. The molecule has 0 aromatic carbocycles. The molecular weight excluding hydrogens is 242 g/mol. The van der Waals surface area contributed by atoms with Crippen LogP contribution in [-0.4, -0.2) is 29.6 Å². The SMILES string of the molecule is COC(=O)c1nccc(NCC(C(C)C)C(C)C)n1. The van der Waals surface area contributed by atoms with Crippen LogP contribution in [0.4, 0.5) is 5.82 Å². The van der Waals surface area contributed by atoms with Crippen LogP contribution < -0.4 is 5.32 Å². The van der Waals surface area contributed by atoms with E-state index in [9.17, 15) is 4.79 Å². The summed E-state index contributed by atoms with van der Waals surface area (Å²) in [5, 5.41) is 3.27. The van der Waals surface area contributed by atoms with E-state index >= 15 is 0 Å². The highest BCUT2D eigenvalue weighted by atomic mass is 16.5. The van der Waals surface area contributed by atoms with Gasteiger partial charge in [-0.25, -0.2) is 14.8 Å². The van der Waals surface area contributed by atoms with Crippen LogP contribution in [0.1, 0.15) is 38.3 Å². The Morgan fingerprint density at radius 3 is 2.47 bits per heavy atom. The number of hydrogen-bond acceptors (Lipinski definition) is 5. The van der Waals surface area contributed by atoms with E-state index < -0.39 is 5.97 Å². The average Bonchev–Trinajstić information content (AvgIpc) is 2.37. The molecule has 0 aliphatic carbocycles. The normalized spacial score (nSPS) is 11.2. The Balaban J connectivity index is 2.69. The summed E-state index contributed by atoms with van der Waals surface area (Å²) in [6.07, 6.45) is 1.56. The highest BCUT2D eigenvalue weighted by Crippen LogP contribution is 2.20. The van der Waals surface area contributed by atoms with Gasteiger partial charge in [0.05, 0.1) is 7.11 Å². The molecule has 106 valence electrons. The molecule has 0 radical (unpaired) electrons. The van der Waals surface area contributed by atoms with Gasteiger partial charge in [0.25, 0.3) is 0 Å². The number of nitrogens with one attached hydrogen (secondary N) is 1. The maximum Gasteiger partial charge on any atom is 0.376 e. The van der Waals surface area contributed by atoms with Gasteiger partial charge in [0.1, 0.15) is 5.82 Å². The third kappa shape index (κ3) is 4.50. The van der Waals surface area contributed by atoms with Crippen molar-refractivity contribution in [2.24, 2.45) is 17.8 Å². The predicted octanol–water partition coefficient (Wildman–Crippen LogP) is 2.60. The van der Waals surface area contributed by atoms with E-state index in [-0.39, 0.29) is 5.82 Å². The van der Waals surface area contributed by atoms with Crippen molar-refractivity contribution in [1.29, 1.82) is 0 Å². The molecule has 0 saturated carbocycles. The Kier molecular flexibility index (Phi) is 5.73. The summed E-state index contributed by atoms with van der Waals surface area (Å²) in [7, 11) is 1.32. The molecule has 1 aromatic rings. The van der Waals surface area contributed by atoms with Gasteiger partial charge in [-0.3, -0.25) is 0 Å². The summed E-state index contributed by atoms with van der Waals surface area (Å²) in [6, 6.07) is 1.75. The number of esters is 1. The zero-order valence-corrected chi connectivity index (χ0v) is 12.3. The lowest BCUT2D eigenvalue weighted by molar-refractivity contribution is 0.0587. The molecule has 0 saturated heterocycles. The lowest BCUT2D eigenvalue weighted by atomic mass is 9.85. The molecule has 0 amide bonds. The minimum Gasteiger partial charge on any atom is -0.463 e. The summed E-state index contributed by atoms with van der Waals surface area (Å²) in [4.78, 5) is 19.4.